The average Bonchev–Trinajstić information content (AvgIpc) is 3.22. The Kier molecular flexibility index (Phi) is 7.98. The second kappa shape index (κ2) is 10.7. The zero-order valence-electron chi connectivity index (χ0n) is 17.4. The van der Waals surface area contributed by atoms with Crippen LogP contribution in [0.1, 0.15) is 39.8 Å². The number of piperazine rings is 1. The molecule has 1 saturated heterocycles. The van der Waals surface area contributed by atoms with E-state index in [0.717, 1.165) is 11.3 Å². The normalized spacial score (nSPS) is 13.7. The van der Waals surface area contributed by atoms with Gasteiger partial charge < -0.3 is 14.5 Å². The first-order valence-electron chi connectivity index (χ1n) is 10.0. The van der Waals surface area contributed by atoms with E-state index in [1.807, 2.05) is 0 Å². The lowest BCUT2D eigenvalue weighted by atomic mass is 10.1. The van der Waals surface area contributed by atoms with Gasteiger partial charge in [0.2, 0.25) is 0 Å². The SMILES string of the molecule is CC(=O)c1ccc(N2CCN(C(=O)COC(=O)CCC(=O)c3ccc(Cl)s3)CC2)c(F)c1. The number of hydrogen-bond acceptors (Lipinski definition) is 7. The number of carbonyl (C=O) groups excluding carboxylic acids is 4. The number of ether oxygens (including phenoxy) is 1. The van der Waals surface area contributed by atoms with Crippen molar-refractivity contribution in [3.8, 4) is 0 Å². The van der Waals surface area contributed by atoms with Crippen LogP contribution < -0.4 is 4.90 Å². The fourth-order valence-corrected chi connectivity index (χ4v) is 4.30. The minimum atomic E-state index is -0.624. The number of thiophene rings is 1. The lowest BCUT2D eigenvalue weighted by Gasteiger charge is -2.36. The number of benzene rings is 1. The molecule has 10 heteroatoms. The molecule has 32 heavy (non-hydrogen) atoms. The average molecular weight is 481 g/mol. The summed E-state index contributed by atoms with van der Waals surface area (Å²) in [5.74, 6) is -1.86. The molecule has 1 fully saturated rings. The highest BCUT2D eigenvalue weighted by Gasteiger charge is 2.24. The maximum absolute atomic E-state index is 14.3. The molecule has 1 amide bonds. The molecule has 0 unspecified atom stereocenters. The summed E-state index contributed by atoms with van der Waals surface area (Å²) in [7, 11) is 0. The molecule has 0 atom stereocenters. The third kappa shape index (κ3) is 6.14. The van der Waals surface area contributed by atoms with Crippen molar-refractivity contribution in [1.29, 1.82) is 0 Å². The van der Waals surface area contributed by atoms with Crippen molar-refractivity contribution in [2.24, 2.45) is 0 Å². The Bertz CT molecular complexity index is 1030. The molecule has 7 nitrogen and oxygen atoms in total. The molecule has 3 rings (SSSR count). The van der Waals surface area contributed by atoms with Crippen molar-refractivity contribution in [2.45, 2.75) is 19.8 Å². The lowest BCUT2D eigenvalue weighted by Crippen LogP contribution is -2.50. The van der Waals surface area contributed by atoms with Gasteiger partial charge in [-0.05, 0) is 37.3 Å². The molecule has 1 aromatic carbocycles. The Morgan fingerprint density at radius 3 is 2.38 bits per heavy atom. The minimum Gasteiger partial charge on any atom is -0.456 e. The summed E-state index contributed by atoms with van der Waals surface area (Å²) in [5, 5.41) is 0. The third-order valence-corrected chi connectivity index (χ3v) is 6.36. The number of Topliss-reactive ketones (excluding diaryl/α,β-unsaturated/α-hetero) is 2. The molecule has 1 aromatic heterocycles. The van der Waals surface area contributed by atoms with Gasteiger partial charge in [-0.3, -0.25) is 19.2 Å². The maximum atomic E-state index is 14.3. The Hall–Kier alpha value is -2.78. The van der Waals surface area contributed by atoms with Gasteiger partial charge in [-0.2, -0.15) is 0 Å². The second-order valence-electron chi connectivity index (χ2n) is 7.28. The van der Waals surface area contributed by atoms with Crippen molar-refractivity contribution >= 4 is 52.1 Å². The number of rotatable bonds is 8. The van der Waals surface area contributed by atoms with Crippen LogP contribution in [0.15, 0.2) is 30.3 Å². The highest BCUT2D eigenvalue weighted by molar-refractivity contribution is 7.18. The molecule has 170 valence electrons. The first kappa shape index (κ1) is 23.9. The van der Waals surface area contributed by atoms with Gasteiger partial charge in [-0.25, -0.2) is 4.39 Å². The van der Waals surface area contributed by atoms with E-state index < -0.39 is 18.4 Å². The van der Waals surface area contributed by atoms with Gasteiger partial charge in [-0.15, -0.1) is 11.3 Å². The van der Waals surface area contributed by atoms with E-state index in [4.69, 9.17) is 16.3 Å². The van der Waals surface area contributed by atoms with E-state index in [0.29, 0.717) is 46.6 Å². The van der Waals surface area contributed by atoms with E-state index in [1.54, 1.807) is 34.1 Å². The summed E-state index contributed by atoms with van der Waals surface area (Å²) in [6.07, 6.45) is -0.137. The second-order valence-corrected chi connectivity index (χ2v) is 8.99. The van der Waals surface area contributed by atoms with Crippen molar-refractivity contribution in [3.63, 3.8) is 0 Å². The van der Waals surface area contributed by atoms with Gasteiger partial charge in [0.1, 0.15) is 5.82 Å². The Morgan fingerprint density at radius 1 is 1.06 bits per heavy atom. The third-order valence-electron chi connectivity index (χ3n) is 5.09. The molecular weight excluding hydrogens is 459 g/mol. The smallest absolute Gasteiger partial charge is 0.306 e. The molecule has 2 heterocycles. The summed E-state index contributed by atoms with van der Waals surface area (Å²) < 4.78 is 19.8. The molecule has 0 N–H and O–H groups in total. The minimum absolute atomic E-state index is 0.0173. The fourth-order valence-electron chi connectivity index (χ4n) is 3.29. The van der Waals surface area contributed by atoms with Crippen LogP contribution in [-0.4, -0.2) is 61.1 Å². The van der Waals surface area contributed by atoms with Crippen LogP contribution in [0, 0.1) is 5.82 Å². The Labute approximate surface area is 193 Å². The number of carbonyl (C=O) groups is 4. The van der Waals surface area contributed by atoms with E-state index in [2.05, 4.69) is 0 Å². The maximum Gasteiger partial charge on any atom is 0.306 e. The molecule has 0 bridgehead atoms. The quantitative estimate of drug-likeness (QED) is 0.424. The topological polar surface area (TPSA) is 84.0 Å². The Morgan fingerprint density at radius 2 is 1.78 bits per heavy atom. The van der Waals surface area contributed by atoms with Crippen LogP contribution in [0.25, 0.3) is 0 Å². The summed E-state index contributed by atoms with van der Waals surface area (Å²) in [4.78, 5) is 51.4. The van der Waals surface area contributed by atoms with Crippen LogP contribution in [-0.2, 0) is 14.3 Å². The van der Waals surface area contributed by atoms with Crippen LogP contribution in [0.3, 0.4) is 0 Å². The molecule has 0 radical (unpaired) electrons. The van der Waals surface area contributed by atoms with Gasteiger partial charge in [-0.1, -0.05) is 11.6 Å². The molecule has 1 aliphatic rings. The predicted molar refractivity (Wildman–Crippen MR) is 119 cm³/mol. The summed E-state index contributed by atoms with van der Waals surface area (Å²) in [6, 6.07) is 7.58. The first-order valence-corrected chi connectivity index (χ1v) is 11.2. The molecule has 1 aliphatic heterocycles. The van der Waals surface area contributed by atoms with E-state index in [9.17, 15) is 23.6 Å². The van der Waals surface area contributed by atoms with Gasteiger partial charge in [0, 0.05) is 38.2 Å². The van der Waals surface area contributed by atoms with Crippen LogP contribution in [0.4, 0.5) is 10.1 Å². The molecule has 0 saturated carbocycles. The highest BCUT2D eigenvalue weighted by atomic mass is 35.5. The van der Waals surface area contributed by atoms with Gasteiger partial charge in [0.05, 0.1) is 21.3 Å². The Balaban J connectivity index is 1.41. The van der Waals surface area contributed by atoms with Gasteiger partial charge in [0.25, 0.3) is 5.91 Å². The van der Waals surface area contributed by atoms with E-state index >= 15 is 0 Å². The number of esters is 1. The van der Waals surface area contributed by atoms with Crippen LogP contribution in [0.5, 0.6) is 0 Å². The van der Waals surface area contributed by atoms with E-state index in [1.165, 1.54) is 13.0 Å². The number of hydrogen-bond donors (Lipinski definition) is 0. The summed E-state index contributed by atoms with van der Waals surface area (Å²) in [5.41, 5.74) is 0.688. The number of ketones is 2. The van der Waals surface area contributed by atoms with Gasteiger partial charge >= 0.3 is 5.97 Å². The van der Waals surface area contributed by atoms with Crippen LogP contribution in [0.2, 0.25) is 4.34 Å². The summed E-state index contributed by atoms with van der Waals surface area (Å²) in [6.45, 7) is 2.49. The molecule has 2 aromatic rings. The highest BCUT2D eigenvalue weighted by Crippen LogP contribution is 2.24. The van der Waals surface area contributed by atoms with Crippen molar-refractivity contribution in [2.75, 3.05) is 37.7 Å². The number of nitrogens with zero attached hydrogens (tertiary/aromatic N) is 2. The monoisotopic (exact) mass is 480 g/mol. The van der Waals surface area contributed by atoms with Crippen molar-refractivity contribution < 1.29 is 28.3 Å². The summed E-state index contributed by atoms with van der Waals surface area (Å²) >= 11 is 6.94. The van der Waals surface area contributed by atoms with Gasteiger partial charge in [0.15, 0.2) is 18.2 Å². The number of anilines is 1. The molecule has 0 spiro atoms. The lowest BCUT2D eigenvalue weighted by molar-refractivity contribution is -0.152. The number of halogens is 2. The standard InChI is InChI=1S/C22H22ClFN2O5S/c1-14(27)15-2-3-17(16(24)12-15)25-8-10-26(11-9-25)21(29)13-31-22(30)7-4-18(28)19-5-6-20(23)32-19/h2-3,5-6,12H,4,7-11,13H2,1H3. The molecular formula is C22H22ClFN2O5S. The van der Waals surface area contributed by atoms with Crippen LogP contribution >= 0.6 is 22.9 Å². The largest absolute Gasteiger partial charge is 0.456 e. The number of amides is 1. The first-order chi connectivity index (χ1) is 15.2. The predicted octanol–water partition coefficient (Wildman–Crippen LogP) is 3.60. The van der Waals surface area contributed by atoms with Crippen molar-refractivity contribution in [1.82, 2.24) is 4.90 Å². The van der Waals surface area contributed by atoms with Crippen molar-refractivity contribution in [3.05, 3.63) is 50.9 Å². The molecule has 0 aliphatic carbocycles. The fraction of sp³-hybridized carbons (Fsp3) is 0.364. The van der Waals surface area contributed by atoms with E-state index in [-0.39, 0.29) is 30.3 Å². The zero-order chi connectivity index (χ0) is 23.3. The zero-order valence-corrected chi connectivity index (χ0v) is 19.0.